The number of thioether (sulfide) groups is 1. The average molecular weight is 396 g/mol. The van der Waals surface area contributed by atoms with Gasteiger partial charge in [-0.2, -0.15) is 0 Å². The second kappa shape index (κ2) is 10.1. The molecule has 26 heavy (non-hydrogen) atoms. The number of nitrogens with zero attached hydrogens (tertiary/aromatic N) is 2. The number of para-hydroxylation sites is 1. The third-order valence-electron chi connectivity index (χ3n) is 3.36. The molecule has 1 amide bonds. The van der Waals surface area contributed by atoms with Gasteiger partial charge in [0, 0.05) is 0 Å². The highest BCUT2D eigenvalue weighted by atomic mass is 32.2. The first-order chi connectivity index (χ1) is 12.6. The van der Waals surface area contributed by atoms with Crippen LogP contribution in [-0.2, 0) is 14.3 Å². The Labute approximate surface area is 160 Å². The number of aromatic nitrogens is 2. The topological polar surface area (TPSA) is 90.4 Å². The average Bonchev–Trinajstić information content (AvgIpc) is 3.10. The largest absolute Gasteiger partial charge is 0.496 e. The number of hydrogen-bond acceptors (Lipinski definition) is 8. The lowest BCUT2D eigenvalue weighted by Gasteiger charge is -2.12. The van der Waals surface area contributed by atoms with Gasteiger partial charge in [-0.25, -0.2) is 0 Å². The molecule has 0 saturated carbocycles. The highest BCUT2D eigenvalue weighted by Crippen LogP contribution is 2.33. The second-order valence-corrected chi connectivity index (χ2v) is 7.28. The van der Waals surface area contributed by atoms with Crippen molar-refractivity contribution in [3.8, 4) is 16.3 Å². The third kappa shape index (κ3) is 5.43. The number of benzene rings is 1. The number of anilines is 1. The molecular weight excluding hydrogens is 374 g/mol. The van der Waals surface area contributed by atoms with Crippen molar-refractivity contribution in [2.45, 2.75) is 25.5 Å². The van der Waals surface area contributed by atoms with E-state index >= 15 is 0 Å². The van der Waals surface area contributed by atoms with Crippen molar-refractivity contribution in [3.63, 3.8) is 0 Å². The Kier molecular flexibility index (Phi) is 7.86. The van der Waals surface area contributed by atoms with Crippen LogP contribution in [0.1, 0.15) is 20.3 Å². The summed E-state index contributed by atoms with van der Waals surface area (Å²) in [5.74, 6) is 0.308. The zero-order chi connectivity index (χ0) is 18.9. The fourth-order valence-electron chi connectivity index (χ4n) is 2.14. The Hall–Kier alpha value is -2.13. The highest BCUT2D eigenvalue weighted by Gasteiger charge is 2.21. The predicted octanol–water partition coefficient (Wildman–Crippen LogP) is 3.23. The Morgan fingerprint density at radius 2 is 2.04 bits per heavy atom. The first-order valence-corrected chi connectivity index (χ1v) is 10.0. The maximum Gasteiger partial charge on any atom is 0.315 e. The lowest BCUT2D eigenvalue weighted by molar-refractivity contribution is -0.139. The molecule has 0 aliphatic carbocycles. The Morgan fingerprint density at radius 1 is 1.27 bits per heavy atom. The van der Waals surface area contributed by atoms with E-state index in [1.54, 1.807) is 14.0 Å². The quantitative estimate of drug-likeness (QED) is 0.652. The normalized spacial score (nSPS) is 11.7. The molecule has 0 aliphatic heterocycles. The van der Waals surface area contributed by atoms with Gasteiger partial charge in [-0.1, -0.05) is 30.4 Å². The maximum absolute atomic E-state index is 12.4. The molecular formula is C17H21N3O4S2. The standard InChI is InChI=1S/C17H21N3O4S2/c1-4-13(25-10-14(21)24-5-2)15(22)18-17-20-19-16(26-17)11-8-6-7-9-12(11)23-3/h6-9,13H,4-5,10H2,1-3H3,(H,18,20,22)/t13-/m1/s1. The fourth-order valence-corrected chi connectivity index (χ4v) is 3.78. The highest BCUT2D eigenvalue weighted by molar-refractivity contribution is 8.01. The number of nitrogens with one attached hydrogen (secondary N) is 1. The number of esters is 1. The van der Waals surface area contributed by atoms with Gasteiger partial charge in [-0.05, 0) is 25.5 Å². The fraction of sp³-hybridized carbons (Fsp3) is 0.412. The molecule has 2 aromatic rings. The van der Waals surface area contributed by atoms with Crippen molar-refractivity contribution in [2.24, 2.45) is 0 Å². The first kappa shape index (κ1) is 20.2. The van der Waals surface area contributed by atoms with Crippen LogP contribution in [0.15, 0.2) is 24.3 Å². The molecule has 0 bridgehead atoms. The van der Waals surface area contributed by atoms with Gasteiger partial charge in [0.05, 0.1) is 30.3 Å². The van der Waals surface area contributed by atoms with Gasteiger partial charge in [0.15, 0.2) is 5.01 Å². The monoisotopic (exact) mass is 395 g/mol. The van der Waals surface area contributed by atoms with Crippen molar-refractivity contribution < 1.29 is 19.1 Å². The van der Waals surface area contributed by atoms with E-state index in [0.717, 1.165) is 5.56 Å². The summed E-state index contributed by atoms with van der Waals surface area (Å²) in [5, 5.41) is 11.6. The van der Waals surface area contributed by atoms with Gasteiger partial charge >= 0.3 is 5.97 Å². The first-order valence-electron chi connectivity index (χ1n) is 8.14. The number of rotatable bonds is 9. The van der Waals surface area contributed by atoms with E-state index in [1.165, 1.54) is 23.1 Å². The Balaban J connectivity index is 2.00. The lowest BCUT2D eigenvalue weighted by Crippen LogP contribution is -2.26. The number of hydrogen-bond donors (Lipinski definition) is 1. The second-order valence-electron chi connectivity index (χ2n) is 5.11. The minimum absolute atomic E-state index is 0.141. The number of carbonyl (C=O) groups is 2. The zero-order valence-electron chi connectivity index (χ0n) is 14.9. The van der Waals surface area contributed by atoms with Crippen LogP contribution in [0.5, 0.6) is 5.75 Å². The van der Waals surface area contributed by atoms with E-state index in [1.807, 2.05) is 31.2 Å². The summed E-state index contributed by atoms with van der Waals surface area (Å²) < 4.78 is 10.2. The minimum Gasteiger partial charge on any atom is -0.496 e. The van der Waals surface area contributed by atoms with Gasteiger partial charge in [0.2, 0.25) is 11.0 Å². The van der Waals surface area contributed by atoms with E-state index in [9.17, 15) is 9.59 Å². The molecule has 7 nitrogen and oxygen atoms in total. The van der Waals surface area contributed by atoms with Gasteiger partial charge < -0.3 is 9.47 Å². The molecule has 1 heterocycles. The summed E-state index contributed by atoms with van der Waals surface area (Å²) in [6.07, 6.45) is 0.591. The molecule has 140 valence electrons. The van der Waals surface area contributed by atoms with Crippen LogP contribution in [0.3, 0.4) is 0 Å². The van der Waals surface area contributed by atoms with Crippen molar-refractivity contribution in [2.75, 3.05) is 24.8 Å². The Morgan fingerprint density at radius 3 is 2.73 bits per heavy atom. The van der Waals surface area contributed by atoms with Crippen molar-refractivity contribution in [1.29, 1.82) is 0 Å². The summed E-state index contributed by atoms with van der Waals surface area (Å²) in [4.78, 5) is 23.9. The molecule has 1 aromatic carbocycles. The van der Waals surface area contributed by atoms with Crippen LogP contribution >= 0.6 is 23.1 Å². The maximum atomic E-state index is 12.4. The summed E-state index contributed by atoms with van der Waals surface area (Å²) >= 11 is 2.53. The summed E-state index contributed by atoms with van der Waals surface area (Å²) in [7, 11) is 1.59. The number of amides is 1. The lowest BCUT2D eigenvalue weighted by atomic mass is 10.2. The molecule has 0 radical (unpaired) electrons. The zero-order valence-corrected chi connectivity index (χ0v) is 16.5. The van der Waals surface area contributed by atoms with Crippen molar-refractivity contribution in [1.82, 2.24) is 10.2 Å². The van der Waals surface area contributed by atoms with E-state index < -0.39 is 0 Å². The molecule has 0 unspecified atom stereocenters. The van der Waals surface area contributed by atoms with Crippen molar-refractivity contribution in [3.05, 3.63) is 24.3 Å². The number of ether oxygens (including phenoxy) is 2. The molecule has 9 heteroatoms. The molecule has 1 N–H and O–H groups in total. The molecule has 0 fully saturated rings. The SMILES string of the molecule is CCOC(=O)CS[C@H](CC)C(=O)Nc1nnc(-c2ccccc2OC)s1. The van der Waals surface area contributed by atoms with Crippen LogP contribution < -0.4 is 10.1 Å². The van der Waals surface area contributed by atoms with Gasteiger partial charge in [-0.3, -0.25) is 14.9 Å². The Bertz CT molecular complexity index is 751. The summed E-state index contributed by atoms with van der Waals surface area (Å²) in [5.41, 5.74) is 0.816. The number of carbonyl (C=O) groups excluding carboxylic acids is 2. The van der Waals surface area contributed by atoms with Gasteiger partial charge in [0.1, 0.15) is 5.75 Å². The molecule has 2 rings (SSSR count). The molecule has 0 saturated heterocycles. The van der Waals surface area contributed by atoms with E-state index in [4.69, 9.17) is 9.47 Å². The van der Waals surface area contributed by atoms with Gasteiger partial charge in [0.25, 0.3) is 0 Å². The van der Waals surface area contributed by atoms with Crippen LogP contribution in [0, 0.1) is 0 Å². The van der Waals surface area contributed by atoms with E-state index in [2.05, 4.69) is 15.5 Å². The minimum atomic E-state index is -0.363. The third-order valence-corrected chi connectivity index (χ3v) is 5.59. The molecule has 0 aliphatic rings. The molecule has 1 aromatic heterocycles. The summed E-state index contributed by atoms with van der Waals surface area (Å²) in [6.45, 7) is 3.98. The van der Waals surface area contributed by atoms with Gasteiger partial charge in [-0.15, -0.1) is 22.0 Å². The number of methoxy groups -OCH3 is 1. The smallest absolute Gasteiger partial charge is 0.315 e. The van der Waals surface area contributed by atoms with Crippen LogP contribution in [0.25, 0.3) is 10.6 Å². The predicted molar refractivity (Wildman–Crippen MR) is 104 cm³/mol. The summed E-state index contributed by atoms with van der Waals surface area (Å²) in [6, 6.07) is 7.48. The van der Waals surface area contributed by atoms with Crippen molar-refractivity contribution >= 4 is 40.1 Å². The van der Waals surface area contributed by atoms with E-state index in [-0.39, 0.29) is 22.9 Å². The molecule has 1 atom stereocenters. The van der Waals surface area contributed by atoms with Crippen LogP contribution in [-0.4, -0.2) is 46.8 Å². The van der Waals surface area contributed by atoms with Crippen LogP contribution in [0.4, 0.5) is 5.13 Å². The van der Waals surface area contributed by atoms with Crippen LogP contribution in [0.2, 0.25) is 0 Å². The van der Waals surface area contributed by atoms with E-state index in [0.29, 0.717) is 28.9 Å². The molecule has 0 spiro atoms.